The maximum Gasteiger partial charge on any atom is 0.308 e. The number of carboxylic acid groups (broad SMARTS) is 1. The highest BCUT2D eigenvalue weighted by molar-refractivity contribution is 5.71. The average Bonchev–Trinajstić information content (AvgIpc) is 2.37. The average molecular weight is 262 g/mol. The lowest BCUT2D eigenvalue weighted by Gasteiger charge is -2.21. The minimum absolute atomic E-state index is 0.128. The van der Waals surface area contributed by atoms with E-state index in [-0.39, 0.29) is 6.42 Å². The van der Waals surface area contributed by atoms with Crippen LogP contribution in [0.1, 0.15) is 13.3 Å². The van der Waals surface area contributed by atoms with Gasteiger partial charge in [-0.3, -0.25) is 4.79 Å². The molecule has 0 saturated carbocycles. The lowest BCUT2D eigenvalue weighted by molar-refractivity contribution is -0.141. The van der Waals surface area contributed by atoms with Crippen LogP contribution in [0.25, 0.3) is 0 Å². The predicted molar refractivity (Wildman–Crippen MR) is 73.0 cm³/mol. The molecule has 1 rings (SSSR count). The Balaban J connectivity index is 2.79. The number of carbonyl (C=O) groups is 1. The van der Waals surface area contributed by atoms with Gasteiger partial charge < -0.3 is 15.3 Å². The van der Waals surface area contributed by atoms with Gasteiger partial charge in [0.25, 0.3) is 0 Å². The van der Waals surface area contributed by atoms with Gasteiger partial charge in [-0.25, -0.2) is 4.98 Å². The molecule has 2 unspecified atom stereocenters. The second kappa shape index (κ2) is 6.59. The van der Waals surface area contributed by atoms with E-state index in [1.807, 2.05) is 37.2 Å². The summed E-state index contributed by atoms with van der Waals surface area (Å²) < 4.78 is 0. The molecule has 19 heavy (non-hydrogen) atoms. The molecule has 1 aromatic rings. The minimum atomic E-state index is -0.925. The molecule has 0 aliphatic rings. The fourth-order valence-corrected chi connectivity index (χ4v) is 1.57. The molecule has 0 saturated heterocycles. The number of hydrogen-bond donors (Lipinski definition) is 2. The lowest BCUT2D eigenvalue weighted by Crippen LogP contribution is -2.32. The molecular weight excluding hydrogens is 244 g/mol. The molecule has 1 aromatic heterocycles. The predicted octanol–water partition coefficient (Wildman–Crippen LogP) is 1.56. The number of rotatable bonds is 6. The van der Waals surface area contributed by atoms with E-state index in [2.05, 4.69) is 10.3 Å². The molecule has 2 atom stereocenters. The first kappa shape index (κ1) is 14.8. The summed E-state index contributed by atoms with van der Waals surface area (Å²) in [5, 5.41) is 20.8. The van der Waals surface area contributed by atoms with Crippen molar-refractivity contribution in [2.24, 2.45) is 5.92 Å². The largest absolute Gasteiger partial charge is 0.481 e. The number of pyridine rings is 1. The minimum Gasteiger partial charge on any atom is -0.481 e. The molecule has 102 valence electrons. The monoisotopic (exact) mass is 262 g/mol. The van der Waals surface area contributed by atoms with Crippen molar-refractivity contribution in [3.8, 4) is 6.07 Å². The summed E-state index contributed by atoms with van der Waals surface area (Å²) in [6.45, 7) is 1.58. The summed E-state index contributed by atoms with van der Waals surface area (Å²) in [5.41, 5.74) is 0.707. The quantitative estimate of drug-likeness (QED) is 0.808. The number of hydrogen-bond acceptors (Lipinski definition) is 5. The van der Waals surface area contributed by atoms with Crippen molar-refractivity contribution in [3.63, 3.8) is 0 Å². The normalized spacial score (nSPS) is 13.2. The molecule has 2 N–H and O–H groups in total. The molecular formula is C13H18N4O2. The van der Waals surface area contributed by atoms with Gasteiger partial charge in [0, 0.05) is 14.1 Å². The van der Waals surface area contributed by atoms with Gasteiger partial charge in [-0.15, -0.1) is 0 Å². The Labute approximate surface area is 112 Å². The second-order valence-electron chi connectivity index (χ2n) is 4.54. The van der Waals surface area contributed by atoms with Crippen LogP contribution in [0, 0.1) is 17.2 Å². The van der Waals surface area contributed by atoms with Crippen LogP contribution in [0.4, 0.5) is 11.5 Å². The van der Waals surface area contributed by atoms with E-state index in [9.17, 15) is 4.79 Å². The zero-order valence-corrected chi connectivity index (χ0v) is 11.3. The molecule has 0 aliphatic carbocycles. The first-order valence-electron chi connectivity index (χ1n) is 5.95. The van der Waals surface area contributed by atoms with Crippen molar-refractivity contribution in [3.05, 3.63) is 18.3 Å². The van der Waals surface area contributed by atoms with Gasteiger partial charge in [0.2, 0.25) is 0 Å². The third-order valence-corrected chi connectivity index (χ3v) is 2.86. The summed E-state index contributed by atoms with van der Waals surface area (Å²) in [7, 11) is 3.78. The molecule has 0 spiro atoms. The van der Waals surface area contributed by atoms with Gasteiger partial charge in [0.1, 0.15) is 5.82 Å². The van der Waals surface area contributed by atoms with Crippen LogP contribution in [0.3, 0.4) is 0 Å². The number of nitriles is 1. The number of carboxylic acids is 1. The van der Waals surface area contributed by atoms with Crippen molar-refractivity contribution < 1.29 is 9.90 Å². The van der Waals surface area contributed by atoms with Crippen LogP contribution in [-0.2, 0) is 4.79 Å². The number of anilines is 2. The van der Waals surface area contributed by atoms with E-state index < -0.39 is 17.9 Å². The van der Waals surface area contributed by atoms with Gasteiger partial charge in [0.05, 0.1) is 36.3 Å². The molecule has 0 aliphatic heterocycles. The molecule has 0 aromatic carbocycles. The van der Waals surface area contributed by atoms with Crippen LogP contribution in [-0.4, -0.2) is 36.2 Å². The van der Waals surface area contributed by atoms with E-state index in [1.165, 1.54) is 0 Å². The number of aromatic nitrogens is 1. The Hall–Kier alpha value is -2.29. The molecule has 6 heteroatoms. The van der Waals surface area contributed by atoms with Crippen molar-refractivity contribution in [1.82, 2.24) is 4.98 Å². The van der Waals surface area contributed by atoms with Crippen molar-refractivity contribution >= 4 is 17.5 Å². The van der Waals surface area contributed by atoms with Gasteiger partial charge in [-0.2, -0.15) is 5.26 Å². The first-order valence-corrected chi connectivity index (χ1v) is 5.95. The highest BCUT2D eigenvalue weighted by Gasteiger charge is 2.23. The first-order chi connectivity index (χ1) is 8.95. The fraction of sp³-hybridized carbons (Fsp3) is 0.462. The number of nitrogens with zero attached hydrogens (tertiary/aromatic N) is 3. The van der Waals surface area contributed by atoms with Crippen molar-refractivity contribution in [1.29, 1.82) is 5.26 Å². The van der Waals surface area contributed by atoms with Crippen LogP contribution in [0.5, 0.6) is 0 Å². The number of nitrogens with one attached hydrogen (secondary N) is 1. The maximum absolute atomic E-state index is 11.0. The Morgan fingerprint density at radius 1 is 1.58 bits per heavy atom. The van der Waals surface area contributed by atoms with Gasteiger partial charge >= 0.3 is 5.97 Å². The zero-order valence-electron chi connectivity index (χ0n) is 11.3. The van der Waals surface area contributed by atoms with Crippen molar-refractivity contribution in [2.45, 2.75) is 19.4 Å². The van der Waals surface area contributed by atoms with E-state index in [1.54, 1.807) is 13.1 Å². The molecule has 0 fully saturated rings. The third kappa shape index (κ3) is 4.14. The summed E-state index contributed by atoms with van der Waals surface area (Å²) in [6, 6.07) is 5.21. The fourth-order valence-electron chi connectivity index (χ4n) is 1.57. The Morgan fingerprint density at radius 2 is 2.26 bits per heavy atom. The van der Waals surface area contributed by atoms with E-state index in [4.69, 9.17) is 10.4 Å². The highest BCUT2D eigenvalue weighted by atomic mass is 16.4. The second-order valence-corrected chi connectivity index (χ2v) is 4.54. The molecule has 0 radical (unpaired) electrons. The van der Waals surface area contributed by atoms with E-state index in [0.29, 0.717) is 5.69 Å². The van der Waals surface area contributed by atoms with Crippen molar-refractivity contribution in [2.75, 3.05) is 24.3 Å². The van der Waals surface area contributed by atoms with E-state index >= 15 is 0 Å². The number of aliphatic carboxylic acids is 1. The zero-order chi connectivity index (χ0) is 14.4. The van der Waals surface area contributed by atoms with Crippen LogP contribution in [0.2, 0.25) is 0 Å². The molecule has 6 nitrogen and oxygen atoms in total. The standard InChI is InChI=1S/C13H18N4O2/c1-9(13(18)19)11(6-7-14)16-10-4-5-12(15-8-10)17(2)3/h4-5,8-9,11,16H,6H2,1-3H3,(H,18,19). The molecule has 1 heterocycles. The smallest absolute Gasteiger partial charge is 0.308 e. The summed E-state index contributed by atoms with van der Waals surface area (Å²) >= 11 is 0. The third-order valence-electron chi connectivity index (χ3n) is 2.86. The topological polar surface area (TPSA) is 89.2 Å². The van der Waals surface area contributed by atoms with Crippen LogP contribution < -0.4 is 10.2 Å². The lowest BCUT2D eigenvalue weighted by atomic mass is 9.99. The molecule has 0 amide bonds. The van der Waals surface area contributed by atoms with Gasteiger partial charge in [0.15, 0.2) is 0 Å². The Bertz CT molecular complexity index is 465. The maximum atomic E-state index is 11.0. The Kier molecular flexibility index (Phi) is 5.12. The summed E-state index contributed by atoms with van der Waals surface area (Å²) in [5.74, 6) is -0.757. The SMILES string of the molecule is CC(C(=O)O)C(CC#N)Nc1ccc(N(C)C)nc1. The van der Waals surface area contributed by atoms with Gasteiger partial charge in [-0.05, 0) is 19.1 Å². The summed E-state index contributed by atoms with van der Waals surface area (Å²) in [6.07, 6.45) is 1.76. The van der Waals surface area contributed by atoms with Gasteiger partial charge in [-0.1, -0.05) is 0 Å². The molecule has 0 bridgehead atoms. The van der Waals surface area contributed by atoms with E-state index in [0.717, 1.165) is 5.82 Å². The van der Waals surface area contributed by atoms with Crippen LogP contribution >= 0.6 is 0 Å². The highest BCUT2D eigenvalue weighted by Crippen LogP contribution is 2.17. The van der Waals surface area contributed by atoms with Crippen LogP contribution in [0.15, 0.2) is 18.3 Å². The summed E-state index contributed by atoms with van der Waals surface area (Å²) in [4.78, 5) is 17.1. The Morgan fingerprint density at radius 3 is 2.68 bits per heavy atom.